The second-order valence-electron chi connectivity index (χ2n) is 2.68. The fourth-order valence-corrected chi connectivity index (χ4v) is 1.20. The lowest BCUT2D eigenvalue weighted by Gasteiger charge is -2.05. The lowest BCUT2D eigenvalue weighted by molar-refractivity contribution is 0.621. The number of nitrogens with one attached hydrogen (secondary N) is 1. The van der Waals surface area contributed by atoms with Gasteiger partial charge in [-0.15, -0.1) is 0 Å². The molecule has 0 aliphatic carbocycles. The Kier molecular flexibility index (Phi) is 4.15. The molecule has 0 bridgehead atoms. The Labute approximate surface area is 81.9 Å². The fourth-order valence-electron chi connectivity index (χ4n) is 1.01. The molecule has 0 aromatic heterocycles. The van der Waals surface area contributed by atoms with Crippen LogP contribution in [0.25, 0.3) is 0 Å². The van der Waals surface area contributed by atoms with Gasteiger partial charge in [0.15, 0.2) is 0 Å². The van der Waals surface area contributed by atoms with Gasteiger partial charge in [0.25, 0.3) is 0 Å². The highest BCUT2D eigenvalue weighted by molar-refractivity contribution is 6.31. The Morgan fingerprint density at radius 2 is 2.23 bits per heavy atom. The van der Waals surface area contributed by atoms with E-state index in [0.717, 1.165) is 5.56 Å². The van der Waals surface area contributed by atoms with Gasteiger partial charge in [-0.25, -0.2) is 4.39 Å². The van der Waals surface area contributed by atoms with Gasteiger partial charge in [-0.05, 0) is 11.6 Å². The second-order valence-corrected chi connectivity index (χ2v) is 3.06. The van der Waals surface area contributed by atoms with Gasteiger partial charge in [0.2, 0.25) is 0 Å². The molecule has 0 saturated heterocycles. The van der Waals surface area contributed by atoms with E-state index in [1.165, 1.54) is 6.07 Å². The van der Waals surface area contributed by atoms with E-state index in [9.17, 15) is 4.39 Å². The summed E-state index contributed by atoms with van der Waals surface area (Å²) in [5.74, 6) is -0.381. The topological polar surface area (TPSA) is 38.0 Å². The average molecular weight is 203 g/mol. The molecule has 0 heterocycles. The molecule has 3 N–H and O–H groups in total. The van der Waals surface area contributed by atoms with Crippen LogP contribution in [0.5, 0.6) is 0 Å². The van der Waals surface area contributed by atoms with E-state index < -0.39 is 0 Å². The monoisotopic (exact) mass is 202 g/mol. The maximum absolute atomic E-state index is 12.9. The molecule has 1 aromatic carbocycles. The second kappa shape index (κ2) is 5.17. The van der Waals surface area contributed by atoms with Crippen molar-refractivity contribution >= 4 is 11.6 Å². The SMILES string of the molecule is NCCNCc1cccc(F)c1Cl. The Morgan fingerprint density at radius 1 is 1.46 bits per heavy atom. The van der Waals surface area contributed by atoms with Gasteiger partial charge in [0.1, 0.15) is 5.82 Å². The Balaban J connectivity index is 2.61. The lowest BCUT2D eigenvalue weighted by Crippen LogP contribution is -2.22. The molecule has 0 unspecified atom stereocenters. The molecule has 0 atom stereocenters. The average Bonchev–Trinajstić information content (AvgIpc) is 2.13. The van der Waals surface area contributed by atoms with Crippen molar-refractivity contribution in [3.63, 3.8) is 0 Å². The highest BCUT2D eigenvalue weighted by atomic mass is 35.5. The predicted octanol–water partition coefficient (Wildman–Crippen LogP) is 1.53. The van der Waals surface area contributed by atoms with Crippen molar-refractivity contribution in [1.82, 2.24) is 5.32 Å². The first-order valence-electron chi connectivity index (χ1n) is 4.09. The Hall–Kier alpha value is -0.640. The van der Waals surface area contributed by atoms with Crippen molar-refractivity contribution in [3.05, 3.63) is 34.6 Å². The molecule has 0 amide bonds. The smallest absolute Gasteiger partial charge is 0.142 e. The molecular formula is C9H12ClFN2. The third kappa shape index (κ3) is 2.95. The summed E-state index contributed by atoms with van der Waals surface area (Å²) in [4.78, 5) is 0. The van der Waals surface area contributed by atoms with Gasteiger partial charge in [0.05, 0.1) is 5.02 Å². The number of halogens is 2. The number of hydrogen-bond donors (Lipinski definition) is 2. The summed E-state index contributed by atoms with van der Waals surface area (Å²) in [5, 5.41) is 3.23. The summed E-state index contributed by atoms with van der Waals surface area (Å²) in [6, 6.07) is 4.77. The molecule has 0 fully saturated rings. The molecule has 4 heteroatoms. The van der Waals surface area contributed by atoms with E-state index in [-0.39, 0.29) is 10.8 Å². The summed E-state index contributed by atoms with van der Waals surface area (Å²) >= 11 is 5.73. The van der Waals surface area contributed by atoms with Crippen molar-refractivity contribution in [3.8, 4) is 0 Å². The summed E-state index contributed by atoms with van der Waals surface area (Å²) in [6.45, 7) is 1.81. The van der Waals surface area contributed by atoms with Crippen LogP contribution in [-0.4, -0.2) is 13.1 Å². The maximum Gasteiger partial charge on any atom is 0.142 e. The third-order valence-electron chi connectivity index (χ3n) is 1.67. The van der Waals surface area contributed by atoms with E-state index in [2.05, 4.69) is 5.32 Å². The number of rotatable bonds is 4. The molecule has 72 valence electrons. The van der Waals surface area contributed by atoms with Crippen molar-refractivity contribution < 1.29 is 4.39 Å². The maximum atomic E-state index is 12.9. The molecule has 0 radical (unpaired) electrons. The summed E-state index contributed by atoms with van der Waals surface area (Å²) in [6.07, 6.45) is 0. The van der Waals surface area contributed by atoms with Crippen LogP contribution in [0.3, 0.4) is 0 Å². The third-order valence-corrected chi connectivity index (χ3v) is 2.09. The predicted molar refractivity (Wildman–Crippen MR) is 52.2 cm³/mol. The van der Waals surface area contributed by atoms with E-state index in [1.807, 2.05) is 0 Å². The lowest BCUT2D eigenvalue weighted by atomic mass is 10.2. The summed E-state index contributed by atoms with van der Waals surface area (Å²) in [5.41, 5.74) is 6.05. The van der Waals surface area contributed by atoms with Gasteiger partial charge in [-0.3, -0.25) is 0 Å². The van der Waals surface area contributed by atoms with Gasteiger partial charge >= 0.3 is 0 Å². The standard InChI is InChI=1S/C9H12ClFN2/c10-9-7(6-13-5-4-12)2-1-3-8(9)11/h1-3,13H,4-6,12H2. The molecule has 0 saturated carbocycles. The molecule has 1 aromatic rings. The van der Waals surface area contributed by atoms with Crippen LogP contribution in [0, 0.1) is 5.82 Å². The minimum absolute atomic E-state index is 0.187. The largest absolute Gasteiger partial charge is 0.329 e. The number of benzene rings is 1. The van der Waals surface area contributed by atoms with Crippen molar-refractivity contribution in [2.45, 2.75) is 6.54 Å². The normalized spacial score (nSPS) is 10.4. The fraction of sp³-hybridized carbons (Fsp3) is 0.333. The Morgan fingerprint density at radius 3 is 2.92 bits per heavy atom. The zero-order valence-corrected chi connectivity index (χ0v) is 7.94. The van der Waals surface area contributed by atoms with Crippen LogP contribution in [0.4, 0.5) is 4.39 Å². The minimum Gasteiger partial charge on any atom is -0.329 e. The minimum atomic E-state index is -0.381. The van der Waals surface area contributed by atoms with Crippen molar-refractivity contribution in [2.75, 3.05) is 13.1 Å². The molecule has 0 spiro atoms. The molecule has 13 heavy (non-hydrogen) atoms. The molecule has 0 aliphatic heterocycles. The van der Waals surface area contributed by atoms with E-state index >= 15 is 0 Å². The first-order chi connectivity index (χ1) is 6.25. The van der Waals surface area contributed by atoms with Gasteiger partial charge in [-0.2, -0.15) is 0 Å². The van der Waals surface area contributed by atoms with Crippen LogP contribution >= 0.6 is 11.6 Å². The molecule has 1 rings (SSSR count). The van der Waals surface area contributed by atoms with E-state index in [0.29, 0.717) is 19.6 Å². The summed E-state index contributed by atoms with van der Waals surface area (Å²) < 4.78 is 12.9. The summed E-state index contributed by atoms with van der Waals surface area (Å²) in [7, 11) is 0. The van der Waals surface area contributed by atoms with Crippen LogP contribution in [-0.2, 0) is 6.54 Å². The molecule has 2 nitrogen and oxygen atoms in total. The van der Waals surface area contributed by atoms with Crippen molar-refractivity contribution in [2.24, 2.45) is 5.73 Å². The highest BCUT2D eigenvalue weighted by Crippen LogP contribution is 2.18. The van der Waals surface area contributed by atoms with Gasteiger partial charge in [0, 0.05) is 19.6 Å². The first kappa shape index (κ1) is 10.4. The van der Waals surface area contributed by atoms with Crippen LogP contribution in [0.1, 0.15) is 5.56 Å². The van der Waals surface area contributed by atoms with E-state index in [4.69, 9.17) is 17.3 Å². The number of hydrogen-bond acceptors (Lipinski definition) is 2. The van der Waals surface area contributed by atoms with Gasteiger partial charge in [-0.1, -0.05) is 23.7 Å². The zero-order chi connectivity index (χ0) is 9.68. The van der Waals surface area contributed by atoms with Gasteiger partial charge < -0.3 is 11.1 Å². The first-order valence-corrected chi connectivity index (χ1v) is 4.47. The van der Waals surface area contributed by atoms with Crippen molar-refractivity contribution in [1.29, 1.82) is 0 Å². The van der Waals surface area contributed by atoms with Crippen LogP contribution in [0.15, 0.2) is 18.2 Å². The highest BCUT2D eigenvalue weighted by Gasteiger charge is 2.03. The number of nitrogens with two attached hydrogens (primary N) is 1. The molecular weight excluding hydrogens is 191 g/mol. The van der Waals surface area contributed by atoms with E-state index in [1.54, 1.807) is 12.1 Å². The van der Waals surface area contributed by atoms with Crippen LogP contribution in [0.2, 0.25) is 5.02 Å². The zero-order valence-electron chi connectivity index (χ0n) is 7.19. The Bertz CT molecular complexity index is 278. The van der Waals surface area contributed by atoms with Crippen LogP contribution < -0.4 is 11.1 Å². The quantitative estimate of drug-likeness (QED) is 0.727. The molecule has 0 aliphatic rings.